The molecule has 0 bridgehead atoms. The monoisotopic (exact) mass is 295 g/mol. The Morgan fingerprint density at radius 2 is 2.25 bits per heavy atom. The number of nitrogens with two attached hydrogens (primary N) is 1. The van der Waals surface area contributed by atoms with Crippen molar-refractivity contribution in [3.05, 3.63) is 35.1 Å². The van der Waals surface area contributed by atoms with Gasteiger partial charge in [0.25, 0.3) is 0 Å². The zero-order chi connectivity index (χ0) is 14.5. The van der Waals surface area contributed by atoms with Crippen molar-refractivity contribution in [3.63, 3.8) is 0 Å². The van der Waals surface area contributed by atoms with Gasteiger partial charge in [0.15, 0.2) is 0 Å². The molecule has 0 heterocycles. The van der Waals surface area contributed by atoms with Crippen molar-refractivity contribution in [1.82, 2.24) is 0 Å². The van der Waals surface area contributed by atoms with E-state index in [4.69, 9.17) is 22.7 Å². The third-order valence-electron chi connectivity index (χ3n) is 4.12. The maximum Gasteiger partial charge on any atom is 0.129 e. The van der Waals surface area contributed by atoms with E-state index in [1.165, 1.54) is 25.3 Å². The quantitative estimate of drug-likeness (QED) is 0.836. The fraction of sp³-hybridized carbons (Fsp3) is 0.562. The molecule has 2 unspecified atom stereocenters. The molecule has 0 saturated heterocycles. The van der Waals surface area contributed by atoms with E-state index in [9.17, 15) is 4.39 Å². The fourth-order valence-corrected chi connectivity index (χ4v) is 2.92. The Hall–Kier alpha value is -1.00. The lowest BCUT2D eigenvalue weighted by atomic mass is 9.85. The molecule has 2 N–H and O–H groups in total. The van der Waals surface area contributed by atoms with Crippen LogP contribution >= 0.6 is 12.2 Å². The maximum atomic E-state index is 13.9. The summed E-state index contributed by atoms with van der Waals surface area (Å²) in [7, 11) is 0. The predicted octanol–water partition coefficient (Wildman–Crippen LogP) is 3.95. The van der Waals surface area contributed by atoms with Gasteiger partial charge in [0, 0.05) is 11.1 Å². The summed E-state index contributed by atoms with van der Waals surface area (Å²) in [4.78, 5) is 0.217. The second-order valence-electron chi connectivity index (χ2n) is 5.54. The topological polar surface area (TPSA) is 35.2 Å². The molecule has 0 spiro atoms. The maximum absolute atomic E-state index is 13.9. The van der Waals surface area contributed by atoms with Gasteiger partial charge in [-0.25, -0.2) is 4.39 Å². The number of hydrogen-bond donors (Lipinski definition) is 1. The van der Waals surface area contributed by atoms with E-state index >= 15 is 0 Å². The van der Waals surface area contributed by atoms with Gasteiger partial charge in [0.1, 0.15) is 10.8 Å². The van der Waals surface area contributed by atoms with Crippen LogP contribution in [0.1, 0.15) is 50.2 Å². The summed E-state index contributed by atoms with van der Waals surface area (Å²) in [5.74, 6) is 0.466. The van der Waals surface area contributed by atoms with E-state index in [1.54, 1.807) is 12.1 Å². The molecule has 0 radical (unpaired) electrons. The molecule has 0 aromatic heterocycles. The van der Waals surface area contributed by atoms with E-state index < -0.39 is 0 Å². The van der Waals surface area contributed by atoms with Gasteiger partial charge in [0.2, 0.25) is 0 Å². The summed E-state index contributed by atoms with van der Waals surface area (Å²) in [5, 5.41) is 0. The summed E-state index contributed by atoms with van der Waals surface area (Å²) in [6.45, 7) is 2.55. The van der Waals surface area contributed by atoms with E-state index in [0.29, 0.717) is 17.7 Å². The van der Waals surface area contributed by atoms with Crippen molar-refractivity contribution >= 4 is 17.2 Å². The van der Waals surface area contributed by atoms with Gasteiger partial charge in [0.05, 0.1) is 12.7 Å². The van der Waals surface area contributed by atoms with Gasteiger partial charge in [-0.1, -0.05) is 50.5 Å². The second kappa shape index (κ2) is 7.14. The van der Waals surface area contributed by atoms with E-state index in [0.717, 1.165) is 18.8 Å². The smallest absolute Gasteiger partial charge is 0.129 e. The van der Waals surface area contributed by atoms with Gasteiger partial charge in [-0.15, -0.1) is 0 Å². The highest BCUT2D eigenvalue weighted by atomic mass is 32.1. The summed E-state index contributed by atoms with van der Waals surface area (Å²) < 4.78 is 19.8. The van der Waals surface area contributed by atoms with Crippen LogP contribution in [0.4, 0.5) is 4.39 Å². The Morgan fingerprint density at radius 1 is 1.45 bits per heavy atom. The van der Waals surface area contributed by atoms with Crippen LogP contribution in [0.3, 0.4) is 0 Å². The molecule has 1 saturated carbocycles. The molecule has 110 valence electrons. The molecule has 20 heavy (non-hydrogen) atoms. The van der Waals surface area contributed by atoms with Crippen molar-refractivity contribution in [3.8, 4) is 0 Å². The third-order valence-corrected chi connectivity index (χ3v) is 4.36. The summed E-state index contributed by atoms with van der Waals surface area (Å²) in [5.41, 5.74) is 6.62. The summed E-state index contributed by atoms with van der Waals surface area (Å²) in [6, 6.07) is 4.85. The summed E-state index contributed by atoms with van der Waals surface area (Å²) in [6.07, 6.45) is 6.17. The SMILES string of the molecule is CCC1CCCC(OCc2ccc(C(N)=S)cc2F)C1. The minimum atomic E-state index is -0.293. The van der Waals surface area contributed by atoms with Crippen LogP contribution in [0.15, 0.2) is 18.2 Å². The minimum Gasteiger partial charge on any atom is -0.389 e. The highest BCUT2D eigenvalue weighted by Crippen LogP contribution is 2.29. The van der Waals surface area contributed by atoms with Crippen LogP contribution < -0.4 is 5.73 Å². The normalized spacial score (nSPS) is 22.7. The third kappa shape index (κ3) is 4.00. The highest BCUT2D eigenvalue weighted by molar-refractivity contribution is 7.80. The van der Waals surface area contributed by atoms with Crippen LogP contribution in [0, 0.1) is 11.7 Å². The lowest BCUT2D eigenvalue weighted by Gasteiger charge is -2.28. The molecule has 1 aromatic carbocycles. The van der Waals surface area contributed by atoms with Crippen molar-refractivity contribution in [2.75, 3.05) is 0 Å². The first-order valence-electron chi connectivity index (χ1n) is 7.30. The molecule has 2 nitrogen and oxygen atoms in total. The van der Waals surface area contributed by atoms with Crippen LogP contribution in [0.25, 0.3) is 0 Å². The Labute approximate surface area is 125 Å². The molecule has 0 aliphatic heterocycles. The molecule has 4 heteroatoms. The molecule has 0 amide bonds. The van der Waals surface area contributed by atoms with Crippen molar-refractivity contribution in [2.45, 2.75) is 51.7 Å². The number of benzene rings is 1. The van der Waals surface area contributed by atoms with Crippen molar-refractivity contribution in [1.29, 1.82) is 0 Å². The number of rotatable bonds is 5. The molecule has 2 atom stereocenters. The fourth-order valence-electron chi connectivity index (χ4n) is 2.79. The molecule has 1 aliphatic rings. The average molecular weight is 295 g/mol. The standard InChI is InChI=1S/C16H22FNOS/c1-2-11-4-3-5-14(8-11)19-10-13-7-6-12(16(18)20)9-15(13)17/h6-7,9,11,14H,2-5,8,10H2,1H3,(H2,18,20). The van der Waals surface area contributed by atoms with E-state index in [-0.39, 0.29) is 16.9 Å². The first-order valence-corrected chi connectivity index (χ1v) is 7.70. The van der Waals surface area contributed by atoms with E-state index in [1.807, 2.05) is 0 Å². The summed E-state index contributed by atoms with van der Waals surface area (Å²) >= 11 is 4.84. The lowest BCUT2D eigenvalue weighted by molar-refractivity contribution is 0.000662. The van der Waals surface area contributed by atoms with Gasteiger partial charge in [-0.2, -0.15) is 0 Å². The van der Waals surface area contributed by atoms with Crippen LogP contribution in [-0.2, 0) is 11.3 Å². The Kier molecular flexibility index (Phi) is 5.49. The van der Waals surface area contributed by atoms with Crippen LogP contribution in [0.2, 0.25) is 0 Å². The molecule has 1 fully saturated rings. The van der Waals surface area contributed by atoms with Gasteiger partial charge >= 0.3 is 0 Å². The molecule has 2 rings (SSSR count). The Bertz CT molecular complexity index is 478. The molecular weight excluding hydrogens is 273 g/mol. The van der Waals surface area contributed by atoms with Crippen LogP contribution in [0.5, 0.6) is 0 Å². The predicted molar refractivity (Wildman–Crippen MR) is 83.1 cm³/mol. The molecule has 1 aromatic rings. The number of halogens is 1. The first kappa shape index (κ1) is 15.4. The lowest BCUT2D eigenvalue weighted by Crippen LogP contribution is -2.22. The Morgan fingerprint density at radius 3 is 2.90 bits per heavy atom. The Balaban J connectivity index is 1.92. The zero-order valence-corrected chi connectivity index (χ0v) is 12.7. The number of thiocarbonyl (C=S) groups is 1. The van der Waals surface area contributed by atoms with Crippen molar-refractivity contribution < 1.29 is 9.13 Å². The highest BCUT2D eigenvalue weighted by Gasteiger charge is 2.21. The average Bonchev–Trinajstić information content (AvgIpc) is 2.46. The largest absolute Gasteiger partial charge is 0.389 e. The van der Waals surface area contributed by atoms with Gasteiger partial charge < -0.3 is 10.5 Å². The van der Waals surface area contributed by atoms with Gasteiger partial charge in [-0.05, 0) is 24.8 Å². The van der Waals surface area contributed by atoms with Gasteiger partial charge in [-0.3, -0.25) is 0 Å². The molecular formula is C16H22FNOS. The zero-order valence-electron chi connectivity index (χ0n) is 11.9. The van der Waals surface area contributed by atoms with E-state index in [2.05, 4.69) is 6.92 Å². The molecule has 1 aliphatic carbocycles. The van der Waals surface area contributed by atoms with Crippen LogP contribution in [-0.4, -0.2) is 11.1 Å². The van der Waals surface area contributed by atoms with Crippen molar-refractivity contribution in [2.24, 2.45) is 11.7 Å². The first-order chi connectivity index (χ1) is 9.60. The minimum absolute atomic E-state index is 0.217. The number of hydrogen-bond acceptors (Lipinski definition) is 2. The second-order valence-corrected chi connectivity index (χ2v) is 5.98. The number of ether oxygens (including phenoxy) is 1.